The van der Waals surface area contributed by atoms with E-state index in [4.69, 9.17) is 18.0 Å². The van der Waals surface area contributed by atoms with Crippen LogP contribution in [0.2, 0.25) is 0 Å². The molecule has 0 aromatic heterocycles. The summed E-state index contributed by atoms with van der Waals surface area (Å²) in [5.74, 6) is 3.14. The van der Waals surface area contributed by atoms with Crippen molar-refractivity contribution in [2.75, 3.05) is 0 Å². The molecule has 4 saturated carbocycles. The van der Waals surface area contributed by atoms with Crippen molar-refractivity contribution in [3.63, 3.8) is 0 Å². The first-order valence-corrected chi connectivity index (χ1v) is 10.6. The van der Waals surface area contributed by atoms with Gasteiger partial charge in [-0.3, -0.25) is 5.43 Å². The van der Waals surface area contributed by atoms with Crippen LogP contribution in [0.3, 0.4) is 0 Å². The van der Waals surface area contributed by atoms with Crippen LogP contribution in [0.4, 0.5) is 0 Å². The number of hydrazone groups is 1. The number of hydrogen-bond donors (Lipinski definition) is 3. The Morgan fingerprint density at radius 3 is 2.72 bits per heavy atom. The Bertz CT molecular complexity index is 593. The van der Waals surface area contributed by atoms with Crippen LogP contribution >= 0.6 is 12.2 Å². The topological polar surface area (TPSA) is 70.6 Å². The molecule has 5 heteroatoms. The zero-order valence-corrected chi connectivity index (χ0v) is 16.4. The van der Waals surface area contributed by atoms with Crippen LogP contribution in [0, 0.1) is 34.5 Å². The maximum Gasteiger partial charge on any atom is 0.184 e. The van der Waals surface area contributed by atoms with Crippen molar-refractivity contribution >= 4 is 23.0 Å². The second-order valence-corrected chi connectivity index (χ2v) is 10.1. The Hall–Kier alpha value is -0.680. The highest BCUT2D eigenvalue weighted by Gasteiger charge is 2.59. The maximum absolute atomic E-state index is 10.1. The van der Waals surface area contributed by atoms with Crippen LogP contribution in [0.1, 0.15) is 71.6 Å². The molecule has 0 aromatic rings. The first-order chi connectivity index (χ1) is 11.8. The van der Waals surface area contributed by atoms with Gasteiger partial charge in [-0.05, 0) is 99.1 Å². The first-order valence-electron chi connectivity index (χ1n) is 10.1. The standard InChI is InChI=1S/C20H33N3OS/c1-19-9-7-13(24)11-12(19)3-4-14-15-5-6-17(22-23-18(21)25)20(15,2)10-8-16(14)19/h12-16,24H,3-11H2,1-2H3,(H3,21,23,25)/b22-17+/t12-,13+,14-,15+,16-,19-,20-/m0/s1. The van der Waals surface area contributed by atoms with Crippen molar-refractivity contribution in [3.8, 4) is 0 Å². The predicted molar refractivity (Wildman–Crippen MR) is 105 cm³/mol. The van der Waals surface area contributed by atoms with Gasteiger partial charge in [-0.1, -0.05) is 13.8 Å². The lowest BCUT2D eigenvalue weighted by Crippen LogP contribution is -2.54. The molecule has 4 nitrogen and oxygen atoms in total. The molecule has 0 aromatic carbocycles. The van der Waals surface area contributed by atoms with E-state index in [1.807, 2.05) is 0 Å². The summed E-state index contributed by atoms with van der Waals surface area (Å²) in [7, 11) is 0. The molecule has 4 aliphatic rings. The van der Waals surface area contributed by atoms with Crippen LogP contribution in [0.15, 0.2) is 5.10 Å². The molecule has 0 bridgehead atoms. The highest BCUT2D eigenvalue weighted by Crippen LogP contribution is 2.65. The molecule has 4 N–H and O–H groups in total. The van der Waals surface area contributed by atoms with E-state index in [1.165, 1.54) is 44.2 Å². The number of fused-ring (bicyclic) bond motifs is 5. The van der Waals surface area contributed by atoms with E-state index in [1.54, 1.807) is 0 Å². The summed E-state index contributed by atoms with van der Waals surface area (Å²) in [5, 5.41) is 15.0. The zero-order chi connectivity index (χ0) is 17.8. The van der Waals surface area contributed by atoms with E-state index in [0.29, 0.717) is 5.41 Å². The van der Waals surface area contributed by atoms with Gasteiger partial charge >= 0.3 is 0 Å². The van der Waals surface area contributed by atoms with Crippen molar-refractivity contribution < 1.29 is 5.11 Å². The fourth-order valence-electron chi connectivity index (χ4n) is 7.33. The fraction of sp³-hybridized carbons (Fsp3) is 0.900. The van der Waals surface area contributed by atoms with Gasteiger partial charge in [0.15, 0.2) is 5.11 Å². The van der Waals surface area contributed by atoms with Crippen molar-refractivity contribution in [3.05, 3.63) is 0 Å². The van der Waals surface area contributed by atoms with Gasteiger partial charge < -0.3 is 10.8 Å². The van der Waals surface area contributed by atoms with Crippen LogP contribution < -0.4 is 11.2 Å². The normalized spacial score (nSPS) is 50.7. The molecular weight excluding hydrogens is 330 g/mol. The average Bonchev–Trinajstić information content (AvgIpc) is 2.90. The van der Waals surface area contributed by atoms with Gasteiger partial charge in [0.1, 0.15) is 0 Å². The van der Waals surface area contributed by atoms with Gasteiger partial charge in [-0.25, -0.2) is 0 Å². The lowest BCUT2D eigenvalue weighted by molar-refractivity contribution is -0.113. The van der Waals surface area contributed by atoms with E-state index in [-0.39, 0.29) is 16.6 Å². The van der Waals surface area contributed by atoms with Crippen LogP contribution in [-0.4, -0.2) is 22.0 Å². The summed E-state index contributed by atoms with van der Waals surface area (Å²) in [4.78, 5) is 0. The number of nitrogens with zero attached hydrogens (tertiary/aromatic N) is 1. The summed E-state index contributed by atoms with van der Waals surface area (Å²) in [6, 6.07) is 0. The number of rotatable bonds is 1. The summed E-state index contributed by atoms with van der Waals surface area (Å²) in [6.07, 6.45) is 10.7. The van der Waals surface area contributed by atoms with E-state index < -0.39 is 0 Å². The molecule has 25 heavy (non-hydrogen) atoms. The van der Waals surface area contributed by atoms with E-state index >= 15 is 0 Å². The Morgan fingerprint density at radius 1 is 1.16 bits per heavy atom. The number of aliphatic hydroxyl groups is 1. The van der Waals surface area contributed by atoms with Gasteiger partial charge in [-0.2, -0.15) is 5.10 Å². The fourth-order valence-corrected chi connectivity index (χ4v) is 7.38. The molecule has 4 fully saturated rings. The van der Waals surface area contributed by atoms with Crippen molar-refractivity contribution in [1.82, 2.24) is 5.43 Å². The lowest BCUT2D eigenvalue weighted by Gasteiger charge is -2.60. The molecule has 0 saturated heterocycles. The molecule has 7 atom stereocenters. The van der Waals surface area contributed by atoms with Crippen LogP contribution in [0.25, 0.3) is 0 Å². The highest BCUT2D eigenvalue weighted by atomic mass is 32.1. The number of aliphatic hydroxyl groups excluding tert-OH is 1. The largest absolute Gasteiger partial charge is 0.393 e. The average molecular weight is 364 g/mol. The summed E-state index contributed by atoms with van der Waals surface area (Å²) in [6.45, 7) is 4.97. The number of hydrogen-bond acceptors (Lipinski definition) is 3. The first kappa shape index (κ1) is 17.7. The van der Waals surface area contributed by atoms with Crippen molar-refractivity contribution in [1.29, 1.82) is 0 Å². The van der Waals surface area contributed by atoms with Crippen LogP contribution in [0.5, 0.6) is 0 Å². The van der Waals surface area contributed by atoms with Gasteiger partial charge in [0.2, 0.25) is 0 Å². The van der Waals surface area contributed by atoms with Gasteiger partial charge in [0.25, 0.3) is 0 Å². The third-order valence-electron chi connectivity index (χ3n) is 8.68. The van der Waals surface area contributed by atoms with E-state index in [9.17, 15) is 5.11 Å². The van der Waals surface area contributed by atoms with Gasteiger partial charge in [0, 0.05) is 11.1 Å². The predicted octanol–water partition coefficient (Wildman–Crippen LogP) is 3.58. The minimum Gasteiger partial charge on any atom is -0.393 e. The Balaban J connectivity index is 1.58. The molecule has 140 valence electrons. The van der Waals surface area contributed by atoms with Crippen molar-refractivity contribution in [2.24, 2.45) is 45.3 Å². The molecular formula is C20H33N3OS. The molecule has 0 aliphatic heterocycles. The number of nitrogens with two attached hydrogens (primary N) is 1. The second kappa shape index (κ2) is 6.19. The van der Waals surface area contributed by atoms with Crippen molar-refractivity contribution in [2.45, 2.75) is 77.7 Å². The third kappa shape index (κ3) is 2.73. The Kier molecular flexibility index (Phi) is 4.39. The molecule has 4 rings (SSSR count). The van der Waals surface area contributed by atoms with Gasteiger partial charge in [0.05, 0.1) is 6.10 Å². The zero-order valence-electron chi connectivity index (χ0n) is 15.6. The molecule has 0 unspecified atom stereocenters. The Labute approximate surface area is 157 Å². The molecule has 0 heterocycles. The van der Waals surface area contributed by atoms with E-state index in [2.05, 4.69) is 24.4 Å². The quantitative estimate of drug-likeness (QED) is 0.492. The monoisotopic (exact) mass is 363 g/mol. The summed E-state index contributed by atoms with van der Waals surface area (Å²) >= 11 is 4.93. The smallest absolute Gasteiger partial charge is 0.184 e. The molecule has 0 amide bonds. The van der Waals surface area contributed by atoms with E-state index in [0.717, 1.165) is 42.9 Å². The number of nitrogens with one attached hydrogen (secondary N) is 1. The SMILES string of the molecule is C[C@]12CC[C@@H](O)C[C@@H]1CC[C@H]1[C@H]3CC/C(=N\NC(N)=S)[C@@]3(C)CC[C@@H]12. The Morgan fingerprint density at radius 2 is 1.96 bits per heavy atom. The third-order valence-corrected chi connectivity index (χ3v) is 8.77. The maximum atomic E-state index is 10.1. The molecule has 0 radical (unpaired) electrons. The van der Waals surface area contributed by atoms with Crippen LogP contribution in [-0.2, 0) is 0 Å². The molecule has 0 spiro atoms. The summed E-state index contributed by atoms with van der Waals surface area (Å²) < 4.78 is 0. The summed E-state index contributed by atoms with van der Waals surface area (Å²) in [5.41, 5.74) is 10.4. The van der Waals surface area contributed by atoms with Gasteiger partial charge in [-0.15, -0.1) is 0 Å². The minimum absolute atomic E-state index is 0.0557. The number of thiocarbonyl (C=S) groups is 1. The lowest BCUT2D eigenvalue weighted by atomic mass is 9.45. The second-order valence-electron chi connectivity index (χ2n) is 9.61. The highest BCUT2D eigenvalue weighted by molar-refractivity contribution is 7.80. The minimum atomic E-state index is -0.0557. The molecule has 4 aliphatic carbocycles.